The summed E-state index contributed by atoms with van der Waals surface area (Å²) in [5.41, 5.74) is 0.843. The molecule has 0 bridgehead atoms. The molecule has 1 unspecified atom stereocenters. The minimum Gasteiger partial charge on any atom is -0.495 e. The average Bonchev–Trinajstić information content (AvgIpc) is 2.90. The minimum atomic E-state index is -4.27. The standard InChI is InChI=1S/C30H34Cl3N3O5S/c1-19-10-13-22(14-11-19)42(39,40)36(21-12-15-27(41-6)26(33)16-21)18-28(37)35(20(2)29(38)34-30(3,4)5)17-23-24(31)8-7-9-25(23)32/h7-16,20H,17-18H2,1-6H3,(H,34,38). The molecule has 3 aromatic carbocycles. The van der Waals surface area contributed by atoms with Crippen molar-refractivity contribution in [1.29, 1.82) is 0 Å². The number of benzene rings is 3. The molecule has 0 radical (unpaired) electrons. The predicted molar refractivity (Wildman–Crippen MR) is 168 cm³/mol. The van der Waals surface area contributed by atoms with E-state index in [0.29, 0.717) is 21.4 Å². The molecule has 0 spiro atoms. The Labute approximate surface area is 262 Å². The number of carbonyl (C=O) groups is 2. The zero-order chi connectivity index (χ0) is 31.4. The maximum atomic E-state index is 14.1. The smallest absolute Gasteiger partial charge is 0.264 e. The van der Waals surface area contributed by atoms with Gasteiger partial charge in [-0.2, -0.15) is 0 Å². The summed E-state index contributed by atoms with van der Waals surface area (Å²) in [5.74, 6) is -0.758. The lowest BCUT2D eigenvalue weighted by atomic mass is 10.1. The van der Waals surface area contributed by atoms with Crippen LogP contribution in [0, 0.1) is 6.92 Å². The van der Waals surface area contributed by atoms with Gasteiger partial charge in [-0.05, 0) is 77.1 Å². The van der Waals surface area contributed by atoms with E-state index in [-0.39, 0.29) is 22.2 Å². The molecule has 12 heteroatoms. The highest BCUT2D eigenvalue weighted by Crippen LogP contribution is 2.33. The molecule has 0 heterocycles. The molecule has 8 nitrogen and oxygen atoms in total. The number of ether oxygens (including phenoxy) is 1. The molecular formula is C30H34Cl3N3O5S. The number of methoxy groups -OCH3 is 1. The van der Waals surface area contributed by atoms with Gasteiger partial charge in [0.05, 0.1) is 22.7 Å². The first-order chi connectivity index (χ1) is 19.5. The molecule has 1 N–H and O–H groups in total. The van der Waals surface area contributed by atoms with Gasteiger partial charge in [-0.3, -0.25) is 13.9 Å². The summed E-state index contributed by atoms with van der Waals surface area (Å²) >= 11 is 19.2. The van der Waals surface area contributed by atoms with E-state index >= 15 is 0 Å². The van der Waals surface area contributed by atoms with Crippen molar-refractivity contribution in [2.75, 3.05) is 18.0 Å². The van der Waals surface area contributed by atoms with Gasteiger partial charge in [0.15, 0.2) is 0 Å². The van der Waals surface area contributed by atoms with Crippen molar-refractivity contribution in [3.8, 4) is 5.75 Å². The normalized spacial score (nSPS) is 12.4. The van der Waals surface area contributed by atoms with E-state index in [9.17, 15) is 18.0 Å². The highest BCUT2D eigenvalue weighted by Gasteiger charge is 2.34. The summed E-state index contributed by atoms with van der Waals surface area (Å²) in [6, 6.07) is 14.6. The van der Waals surface area contributed by atoms with Crippen LogP contribution in [0.4, 0.5) is 5.69 Å². The highest BCUT2D eigenvalue weighted by molar-refractivity contribution is 7.92. The molecule has 0 aromatic heterocycles. The van der Waals surface area contributed by atoms with E-state index in [2.05, 4.69) is 5.32 Å². The van der Waals surface area contributed by atoms with Crippen molar-refractivity contribution in [1.82, 2.24) is 10.2 Å². The van der Waals surface area contributed by atoms with Crippen LogP contribution in [0.15, 0.2) is 65.6 Å². The number of sulfonamides is 1. The molecule has 226 valence electrons. The van der Waals surface area contributed by atoms with Gasteiger partial charge in [-0.25, -0.2) is 8.42 Å². The number of halogens is 3. The Morgan fingerprint density at radius 1 is 0.952 bits per heavy atom. The maximum absolute atomic E-state index is 14.1. The number of aryl methyl sites for hydroxylation is 1. The fourth-order valence-corrected chi connectivity index (χ4v) is 6.26. The number of amides is 2. The van der Waals surface area contributed by atoms with E-state index < -0.39 is 40.0 Å². The molecule has 0 aliphatic carbocycles. The number of carbonyl (C=O) groups excluding carboxylic acids is 2. The van der Waals surface area contributed by atoms with Crippen LogP contribution in [-0.2, 0) is 26.2 Å². The van der Waals surface area contributed by atoms with Gasteiger partial charge in [-0.15, -0.1) is 0 Å². The SMILES string of the molecule is COc1ccc(N(CC(=O)N(Cc2c(Cl)cccc2Cl)C(C)C(=O)NC(C)(C)C)S(=O)(=O)c2ccc(C)cc2)cc1Cl. The Balaban J connectivity index is 2.11. The van der Waals surface area contributed by atoms with Crippen molar-refractivity contribution in [3.63, 3.8) is 0 Å². The van der Waals surface area contributed by atoms with Crippen LogP contribution in [0.1, 0.15) is 38.8 Å². The summed E-state index contributed by atoms with van der Waals surface area (Å²) in [6.45, 7) is 8.06. The van der Waals surface area contributed by atoms with E-state index in [4.69, 9.17) is 39.5 Å². The molecule has 1 atom stereocenters. The molecule has 0 fully saturated rings. The van der Waals surface area contributed by atoms with Crippen LogP contribution in [0.2, 0.25) is 15.1 Å². The molecule has 0 aliphatic heterocycles. The number of rotatable bonds is 10. The van der Waals surface area contributed by atoms with Gasteiger partial charge in [0.1, 0.15) is 18.3 Å². The predicted octanol–water partition coefficient (Wildman–Crippen LogP) is 6.49. The first-order valence-corrected chi connectivity index (χ1v) is 15.6. The van der Waals surface area contributed by atoms with Crippen LogP contribution in [0.5, 0.6) is 5.75 Å². The molecule has 0 aliphatic rings. The topological polar surface area (TPSA) is 96.0 Å². The Morgan fingerprint density at radius 3 is 2.07 bits per heavy atom. The van der Waals surface area contributed by atoms with Gasteiger partial charge in [0, 0.05) is 27.7 Å². The van der Waals surface area contributed by atoms with Gasteiger partial charge in [0.25, 0.3) is 10.0 Å². The van der Waals surface area contributed by atoms with Crippen molar-refractivity contribution >= 4 is 62.3 Å². The average molecular weight is 655 g/mol. The Kier molecular flexibility index (Phi) is 10.8. The molecule has 3 aromatic rings. The lowest BCUT2D eigenvalue weighted by Gasteiger charge is -2.34. The fourth-order valence-electron chi connectivity index (χ4n) is 4.09. The number of hydrogen-bond acceptors (Lipinski definition) is 5. The number of nitrogens with one attached hydrogen (secondary N) is 1. The second-order valence-corrected chi connectivity index (χ2v) is 13.9. The molecule has 42 heavy (non-hydrogen) atoms. The maximum Gasteiger partial charge on any atom is 0.264 e. The van der Waals surface area contributed by atoms with Crippen LogP contribution < -0.4 is 14.4 Å². The number of hydrogen-bond donors (Lipinski definition) is 1. The Bertz CT molecular complexity index is 1540. The van der Waals surface area contributed by atoms with E-state index in [1.54, 1.807) is 37.3 Å². The van der Waals surface area contributed by atoms with E-state index in [1.807, 2.05) is 27.7 Å². The van der Waals surface area contributed by atoms with Gasteiger partial charge in [-0.1, -0.05) is 58.6 Å². The first-order valence-electron chi connectivity index (χ1n) is 13.0. The van der Waals surface area contributed by atoms with Crippen LogP contribution in [0.25, 0.3) is 0 Å². The summed E-state index contributed by atoms with van der Waals surface area (Å²) in [7, 11) is -2.83. The van der Waals surface area contributed by atoms with E-state index in [1.165, 1.54) is 42.3 Å². The van der Waals surface area contributed by atoms with Crippen molar-refractivity contribution in [2.24, 2.45) is 0 Å². The lowest BCUT2D eigenvalue weighted by molar-refractivity contribution is -0.140. The summed E-state index contributed by atoms with van der Waals surface area (Å²) < 4.78 is 34.2. The first kappa shape index (κ1) is 33.5. The third-order valence-electron chi connectivity index (χ3n) is 6.37. The summed E-state index contributed by atoms with van der Waals surface area (Å²) in [5, 5.41) is 3.63. The largest absolute Gasteiger partial charge is 0.495 e. The third kappa shape index (κ3) is 8.10. The summed E-state index contributed by atoms with van der Waals surface area (Å²) in [4.78, 5) is 28.6. The molecule has 2 amide bonds. The molecule has 0 saturated heterocycles. The zero-order valence-corrected chi connectivity index (χ0v) is 27.3. The van der Waals surface area contributed by atoms with E-state index in [0.717, 1.165) is 9.87 Å². The van der Waals surface area contributed by atoms with Gasteiger partial charge >= 0.3 is 0 Å². The van der Waals surface area contributed by atoms with Crippen LogP contribution in [-0.4, -0.2) is 50.4 Å². The zero-order valence-electron chi connectivity index (χ0n) is 24.2. The van der Waals surface area contributed by atoms with Crippen LogP contribution >= 0.6 is 34.8 Å². The molecule has 3 rings (SSSR count). The van der Waals surface area contributed by atoms with Crippen molar-refractivity contribution < 1.29 is 22.7 Å². The summed E-state index contributed by atoms with van der Waals surface area (Å²) in [6.07, 6.45) is 0. The van der Waals surface area contributed by atoms with Gasteiger partial charge in [0.2, 0.25) is 11.8 Å². The Morgan fingerprint density at radius 2 is 1.55 bits per heavy atom. The van der Waals surface area contributed by atoms with Crippen molar-refractivity contribution in [3.05, 3.63) is 86.9 Å². The molecular weight excluding hydrogens is 621 g/mol. The third-order valence-corrected chi connectivity index (χ3v) is 9.16. The van der Waals surface area contributed by atoms with Crippen molar-refractivity contribution in [2.45, 2.75) is 57.6 Å². The second-order valence-electron chi connectivity index (χ2n) is 10.8. The monoisotopic (exact) mass is 653 g/mol. The minimum absolute atomic E-state index is 0.0212. The lowest BCUT2D eigenvalue weighted by Crippen LogP contribution is -2.54. The number of nitrogens with zero attached hydrogens (tertiary/aromatic N) is 2. The fraction of sp³-hybridized carbons (Fsp3) is 0.333. The Hall–Kier alpha value is -2.98. The second kappa shape index (κ2) is 13.5. The number of anilines is 1. The molecule has 0 saturated carbocycles. The van der Waals surface area contributed by atoms with Gasteiger partial charge < -0.3 is 15.0 Å². The van der Waals surface area contributed by atoms with Crippen LogP contribution in [0.3, 0.4) is 0 Å². The quantitative estimate of drug-likeness (QED) is 0.270. The highest BCUT2D eigenvalue weighted by atomic mass is 35.5.